The van der Waals surface area contributed by atoms with Gasteiger partial charge in [0.05, 0.1) is 5.69 Å². The number of rotatable bonds is 3. The molecule has 114 valence electrons. The van der Waals surface area contributed by atoms with E-state index in [1.165, 1.54) is 6.20 Å². The van der Waals surface area contributed by atoms with Crippen LogP contribution in [0.3, 0.4) is 0 Å². The number of halogens is 1. The second kappa shape index (κ2) is 6.89. The number of hydrogen-bond acceptors (Lipinski definition) is 3. The van der Waals surface area contributed by atoms with Crippen molar-refractivity contribution < 1.29 is 4.79 Å². The Kier molecular flexibility index (Phi) is 4.49. The van der Waals surface area contributed by atoms with Gasteiger partial charge in [-0.1, -0.05) is 41.9 Å². The topological polar surface area (TPSA) is 66.9 Å². The largest absolute Gasteiger partial charge is 0.323 e. The first kappa shape index (κ1) is 15.0. The predicted octanol–water partition coefficient (Wildman–Crippen LogP) is 4.44. The van der Waals surface area contributed by atoms with Crippen LogP contribution in [-0.2, 0) is 0 Å². The lowest BCUT2D eigenvalue weighted by Crippen LogP contribution is -2.19. The minimum Gasteiger partial charge on any atom is -0.308 e. The van der Waals surface area contributed by atoms with Gasteiger partial charge in [-0.05, 0) is 24.3 Å². The zero-order chi connectivity index (χ0) is 16.1. The summed E-state index contributed by atoms with van der Waals surface area (Å²) in [5.74, 6) is 0. The third-order valence-corrected chi connectivity index (χ3v) is 3.28. The molecule has 0 saturated heterocycles. The Morgan fingerprint density at radius 2 is 1.52 bits per heavy atom. The van der Waals surface area contributed by atoms with Crippen LogP contribution >= 0.6 is 11.6 Å². The molecule has 0 unspecified atom stereocenters. The number of anilines is 2. The smallest absolute Gasteiger partial charge is 0.308 e. The van der Waals surface area contributed by atoms with E-state index in [1.54, 1.807) is 24.4 Å². The zero-order valence-corrected chi connectivity index (χ0v) is 12.8. The Hall–Kier alpha value is -2.92. The van der Waals surface area contributed by atoms with Crippen LogP contribution < -0.4 is 10.6 Å². The van der Waals surface area contributed by atoms with Crippen molar-refractivity contribution in [2.45, 2.75) is 0 Å². The van der Waals surface area contributed by atoms with E-state index in [2.05, 4.69) is 20.6 Å². The van der Waals surface area contributed by atoms with Gasteiger partial charge in [-0.2, -0.15) is 0 Å². The van der Waals surface area contributed by atoms with Crippen molar-refractivity contribution in [3.05, 3.63) is 72.1 Å². The van der Waals surface area contributed by atoms with Gasteiger partial charge in [-0.25, -0.2) is 9.78 Å². The summed E-state index contributed by atoms with van der Waals surface area (Å²) >= 11 is 5.79. The van der Waals surface area contributed by atoms with Crippen LogP contribution in [0.15, 0.2) is 67.0 Å². The van der Waals surface area contributed by atoms with E-state index >= 15 is 0 Å². The highest BCUT2D eigenvalue weighted by atomic mass is 35.5. The Bertz CT molecular complexity index is 824. The molecule has 2 aromatic heterocycles. The van der Waals surface area contributed by atoms with Crippen molar-refractivity contribution in [2.24, 2.45) is 0 Å². The van der Waals surface area contributed by atoms with Gasteiger partial charge in [0.2, 0.25) is 0 Å². The Morgan fingerprint density at radius 1 is 0.870 bits per heavy atom. The summed E-state index contributed by atoms with van der Waals surface area (Å²) in [5.41, 5.74) is 2.99. The second-order valence-electron chi connectivity index (χ2n) is 4.74. The van der Waals surface area contributed by atoms with Crippen LogP contribution in [0.4, 0.5) is 16.2 Å². The molecule has 3 rings (SSSR count). The number of carbonyl (C=O) groups excluding carboxylic acids is 1. The molecule has 0 fully saturated rings. The highest BCUT2D eigenvalue weighted by Crippen LogP contribution is 2.20. The van der Waals surface area contributed by atoms with Gasteiger partial charge in [-0.3, -0.25) is 4.98 Å². The maximum absolute atomic E-state index is 12.0. The lowest BCUT2D eigenvalue weighted by atomic mass is 10.1. The molecule has 0 aliphatic rings. The lowest BCUT2D eigenvalue weighted by molar-refractivity contribution is 0.262. The standard InChI is InChI=1S/C17H13ClN4O/c18-16-11-14(7-9-20-16)22-17(23)21-13-6-8-19-15(10-13)12-4-2-1-3-5-12/h1-11H,(H2,19,20,21,22,23). The van der Waals surface area contributed by atoms with Gasteiger partial charge in [0, 0.05) is 29.3 Å². The van der Waals surface area contributed by atoms with Gasteiger partial charge in [0.25, 0.3) is 0 Å². The van der Waals surface area contributed by atoms with E-state index in [-0.39, 0.29) is 6.03 Å². The molecular weight excluding hydrogens is 312 g/mol. The van der Waals surface area contributed by atoms with Crippen molar-refractivity contribution in [3.63, 3.8) is 0 Å². The summed E-state index contributed by atoms with van der Waals surface area (Å²) in [6, 6.07) is 16.2. The van der Waals surface area contributed by atoms with Crippen LogP contribution in [0.1, 0.15) is 0 Å². The average molecular weight is 325 g/mol. The highest BCUT2D eigenvalue weighted by molar-refractivity contribution is 6.29. The van der Waals surface area contributed by atoms with Gasteiger partial charge in [0.15, 0.2) is 0 Å². The van der Waals surface area contributed by atoms with Gasteiger partial charge in [0.1, 0.15) is 5.15 Å². The molecule has 0 radical (unpaired) electrons. The number of benzene rings is 1. The molecule has 2 N–H and O–H groups in total. The molecule has 0 aliphatic carbocycles. The third kappa shape index (κ3) is 4.05. The summed E-state index contributed by atoms with van der Waals surface area (Å²) in [6.45, 7) is 0. The first-order valence-electron chi connectivity index (χ1n) is 6.92. The Labute approximate surface area is 138 Å². The molecule has 2 amide bonds. The van der Waals surface area contributed by atoms with E-state index in [1.807, 2.05) is 36.4 Å². The zero-order valence-electron chi connectivity index (χ0n) is 12.0. The number of urea groups is 1. The quantitative estimate of drug-likeness (QED) is 0.700. The van der Waals surface area contributed by atoms with Crippen molar-refractivity contribution in [3.8, 4) is 11.3 Å². The van der Waals surface area contributed by atoms with Crippen molar-refractivity contribution in [1.29, 1.82) is 0 Å². The number of amides is 2. The fraction of sp³-hybridized carbons (Fsp3) is 0. The van der Waals surface area contributed by atoms with E-state index in [4.69, 9.17) is 11.6 Å². The molecule has 5 nitrogen and oxygen atoms in total. The summed E-state index contributed by atoms with van der Waals surface area (Å²) < 4.78 is 0. The molecule has 0 atom stereocenters. The molecular formula is C17H13ClN4O. The molecule has 0 aliphatic heterocycles. The average Bonchev–Trinajstić information content (AvgIpc) is 2.56. The predicted molar refractivity (Wildman–Crippen MR) is 91.6 cm³/mol. The molecule has 23 heavy (non-hydrogen) atoms. The molecule has 3 aromatic rings. The number of hydrogen-bond donors (Lipinski definition) is 2. The van der Waals surface area contributed by atoms with Crippen molar-refractivity contribution in [2.75, 3.05) is 10.6 Å². The van der Waals surface area contributed by atoms with Crippen molar-refractivity contribution >= 4 is 29.0 Å². The Morgan fingerprint density at radius 3 is 2.22 bits per heavy atom. The molecule has 0 spiro atoms. The van der Waals surface area contributed by atoms with Crippen LogP contribution in [0.2, 0.25) is 5.15 Å². The monoisotopic (exact) mass is 324 g/mol. The van der Waals surface area contributed by atoms with Crippen LogP contribution in [-0.4, -0.2) is 16.0 Å². The first-order valence-corrected chi connectivity index (χ1v) is 7.29. The van der Waals surface area contributed by atoms with Crippen LogP contribution in [0.25, 0.3) is 11.3 Å². The summed E-state index contributed by atoms with van der Waals surface area (Å²) in [7, 11) is 0. The van der Waals surface area contributed by atoms with Crippen LogP contribution in [0.5, 0.6) is 0 Å². The number of aromatic nitrogens is 2. The summed E-state index contributed by atoms with van der Waals surface area (Å²) in [4.78, 5) is 20.2. The minimum absolute atomic E-state index is 0.318. The molecule has 1 aromatic carbocycles. The third-order valence-electron chi connectivity index (χ3n) is 3.07. The van der Waals surface area contributed by atoms with Gasteiger partial charge >= 0.3 is 6.03 Å². The normalized spacial score (nSPS) is 10.1. The maximum atomic E-state index is 12.0. The van der Waals surface area contributed by atoms with E-state index in [0.29, 0.717) is 16.5 Å². The van der Waals surface area contributed by atoms with E-state index in [9.17, 15) is 4.79 Å². The fourth-order valence-corrected chi connectivity index (χ4v) is 2.22. The molecule has 0 bridgehead atoms. The Balaban J connectivity index is 1.72. The second-order valence-corrected chi connectivity index (χ2v) is 5.13. The highest BCUT2D eigenvalue weighted by Gasteiger charge is 2.05. The number of nitrogens with one attached hydrogen (secondary N) is 2. The molecule has 0 saturated carbocycles. The lowest BCUT2D eigenvalue weighted by Gasteiger charge is -2.09. The number of carbonyl (C=O) groups is 1. The molecule has 2 heterocycles. The minimum atomic E-state index is -0.363. The van der Waals surface area contributed by atoms with E-state index < -0.39 is 0 Å². The summed E-state index contributed by atoms with van der Waals surface area (Å²) in [5, 5.41) is 5.78. The number of nitrogens with zero attached hydrogens (tertiary/aromatic N) is 2. The SMILES string of the molecule is O=C(Nc1ccnc(Cl)c1)Nc1ccnc(-c2ccccc2)c1. The molecule has 6 heteroatoms. The summed E-state index contributed by atoms with van der Waals surface area (Å²) in [6.07, 6.45) is 3.18. The van der Waals surface area contributed by atoms with Gasteiger partial charge < -0.3 is 10.6 Å². The van der Waals surface area contributed by atoms with E-state index in [0.717, 1.165) is 11.3 Å². The fourth-order valence-electron chi connectivity index (χ4n) is 2.05. The maximum Gasteiger partial charge on any atom is 0.323 e. The van der Waals surface area contributed by atoms with Gasteiger partial charge in [-0.15, -0.1) is 0 Å². The first-order chi connectivity index (χ1) is 11.2. The van der Waals surface area contributed by atoms with Crippen LogP contribution in [0, 0.1) is 0 Å². The number of pyridine rings is 2. The van der Waals surface area contributed by atoms with Crippen molar-refractivity contribution in [1.82, 2.24) is 9.97 Å².